The van der Waals surface area contributed by atoms with E-state index in [4.69, 9.17) is 4.74 Å². The van der Waals surface area contributed by atoms with Crippen molar-refractivity contribution < 1.29 is 24.5 Å². The zero-order valence-electron chi connectivity index (χ0n) is 15.2. The highest BCUT2D eigenvalue weighted by Gasteiger charge is 2.29. The van der Waals surface area contributed by atoms with Crippen molar-refractivity contribution in [1.82, 2.24) is 14.3 Å². The van der Waals surface area contributed by atoms with Gasteiger partial charge < -0.3 is 24.7 Å². The lowest BCUT2D eigenvalue weighted by molar-refractivity contribution is 0.0686. The molecule has 0 atom stereocenters. The molecule has 2 aromatic heterocycles. The van der Waals surface area contributed by atoms with Crippen LogP contribution in [0.4, 0.5) is 16.2 Å². The molecule has 0 radical (unpaired) electrons. The Hall–Kier alpha value is -3.34. The van der Waals surface area contributed by atoms with E-state index in [1.807, 2.05) is 7.05 Å². The van der Waals surface area contributed by atoms with E-state index in [1.54, 1.807) is 6.07 Å². The molecule has 4 rings (SSSR count). The molecule has 0 aromatic carbocycles. The second-order valence-electron chi connectivity index (χ2n) is 6.75. The number of aromatic nitrogens is 2. The van der Waals surface area contributed by atoms with Gasteiger partial charge in [-0.2, -0.15) is 0 Å². The minimum atomic E-state index is -1.53. The molecule has 11 heteroatoms. The number of carbonyl (C=O) groups excluding carboxylic acids is 1. The number of hydrogen-bond donors (Lipinski definition) is 2. The predicted molar refractivity (Wildman–Crippen MR) is 98.5 cm³/mol. The molecule has 11 nitrogen and oxygen atoms in total. The first kappa shape index (κ1) is 18.0. The molecule has 2 saturated heterocycles. The number of ether oxygens (including phenoxy) is 1. The summed E-state index contributed by atoms with van der Waals surface area (Å²) in [6.45, 7) is 3.52. The van der Waals surface area contributed by atoms with Gasteiger partial charge in [0.2, 0.25) is 5.75 Å². The molecule has 148 valence electrons. The number of rotatable bonds is 3. The quantitative estimate of drug-likeness (QED) is 0.734. The summed E-state index contributed by atoms with van der Waals surface area (Å²) >= 11 is 0. The number of pyridine rings is 1. The summed E-state index contributed by atoms with van der Waals surface area (Å²) in [5.41, 5.74) is -0.768. The first-order chi connectivity index (χ1) is 13.4. The van der Waals surface area contributed by atoms with Gasteiger partial charge in [-0.25, -0.2) is 14.6 Å². The van der Waals surface area contributed by atoms with Crippen LogP contribution in [0.1, 0.15) is 10.5 Å². The van der Waals surface area contributed by atoms with Crippen LogP contribution in [0.3, 0.4) is 0 Å². The molecule has 2 N–H and O–H groups in total. The summed E-state index contributed by atoms with van der Waals surface area (Å²) in [5, 5.41) is 19.3. The summed E-state index contributed by atoms with van der Waals surface area (Å²) in [6.07, 6.45) is 0.906. The molecule has 2 aliphatic heterocycles. The number of anilines is 2. The molecule has 2 aliphatic rings. The molecular weight excluding hydrogens is 370 g/mol. The molecule has 4 heterocycles. The normalized spacial score (nSPS) is 18.0. The average Bonchev–Trinajstić information content (AvgIpc) is 3.10. The number of nitrogens with zero attached hydrogens (tertiary/aromatic N) is 5. The Labute approximate surface area is 159 Å². The van der Waals surface area contributed by atoms with Crippen molar-refractivity contribution in [3.8, 4) is 5.75 Å². The van der Waals surface area contributed by atoms with Gasteiger partial charge in [-0.3, -0.25) is 14.1 Å². The van der Waals surface area contributed by atoms with E-state index < -0.39 is 29.1 Å². The average molecular weight is 389 g/mol. The number of aromatic carboxylic acids is 1. The minimum absolute atomic E-state index is 0.0306. The van der Waals surface area contributed by atoms with Crippen LogP contribution in [0, 0.1) is 0 Å². The molecule has 0 spiro atoms. The second-order valence-corrected chi connectivity index (χ2v) is 6.75. The van der Waals surface area contributed by atoms with Gasteiger partial charge in [-0.1, -0.05) is 0 Å². The topological polar surface area (TPSA) is 128 Å². The van der Waals surface area contributed by atoms with Gasteiger partial charge in [0.05, 0.1) is 17.9 Å². The summed E-state index contributed by atoms with van der Waals surface area (Å²) in [6, 6.07) is 1.70. The molecule has 0 saturated carbocycles. The van der Waals surface area contributed by atoms with E-state index in [2.05, 4.69) is 14.8 Å². The van der Waals surface area contributed by atoms with E-state index in [1.165, 1.54) is 11.1 Å². The molecule has 1 amide bonds. The summed E-state index contributed by atoms with van der Waals surface area (Å²) in [5.74, 6) is -2.48. The van der Waals surface area contributed by atoms with Crippen LogP contribution in [-0.4, -0.2) is 82.9 Å². The zero-order chi connectivity index (χ0) is 20.0. The predicted octanol–water partition coefficient (Wildman–Crippen LogP) is -0.193. The summed E-state index contributed by atoms with van der Waals surface area (Å²) < 4.78 is 6.07. The maximum absolute atomic E-state index is 12.6. The van der Waals surface area contributed by atoms with E-state index in [0.717, 1.165) is 17.5 Å². The Kier molecular flexibility index (Phi) is 4.30. The first-order valence-corrected chi connectivity index (χ1v) is 8.77. The minimum Gasteiger partial charge on any atom is -0.501 e. The molecule has 28 heavy (non-hydrogen) atoms. The largest absolute Gasteiger partial charge is 0.501 e. The third kappa shape index (κ3) is 2.89. The number of cyclic esters (lactones) is 1. The van der Waals surface area contributed by atoms with Crippen LogP contribution in [0.15, 0.2) is 17.1 Å². The number of fused-ring (bicyclic) bond motifs is 1. The monoisotopic (exact) mass is 389 g/mol. The van der Waals surface area contributed by atoms with Gasteiger partial charge in [-0.05, 0) is 13.1 Å². The highest BCUT2D eigenvalue weighted by Crippen LogP contribution is 2.30. The molecular formula is C17H19N5O6. The standard InChI is InChI=1S/C17H19N5O6/c1-19-2-4-20(5-3-19)10-8-11(21-6-7-28-17(21)27)14-18-12(16(25)26)13(23)15(24)22(14)9-10/h8-9,23H,2-7H2,1H3,(H,25,26). The van der Waals surface area contributed by atoms with Gasteiger partial charge in [0, 0.05) is 32.4 Å². The Bertz CT molecular complexity index is 1030. The van der Waals surface area contributed by atoms with Crippen molar-refractivity contribution in [3.63, 3.8) is 0 Å². The number of carboxylic acid groups (broad SMARTS) is 1. The van der Waals surface area contributed by atoms with E-state index in [-0.39, 0.29) is 24.5 Å². The number of aromatic hydroxyl groups is 1. The molecule has 0 unspecified atom stereocenters. The van der Waals surface area contributed by atoms with Crippen molar-refractivity contribution in [1.29, 1.82) is 0 Å². The van der Waals surface area contributed by atoms with Crippen LogP contribution in [0.5, 0.6) is 5.75 Å². The van der Waals surface area contributed by atoms with Crippen molar-refractivity contribution in [2.24, 2.45) is 0 Å². The second kappa shape index (κ2) is 6.68. The Balaban J connectivity index is 1.95. The lowest BCUT2D eigenvalue weighted by Gasteiger charge is -2.34. The van der Waals surface area contributed by atoms with Crippen LogP contribution in [0.2, 0.25) is 0 Å². The van der Waals surface area contributed by atoms with Crippen LogP contribution in [0.25, 0.3) is 5.65 Å². The fourth-order valence-electron chi connectivity index (χ4n) is 3.40. The number of carboxylic acids is 1. The van der Waals surface area contributed by atoms with Gasteiger partial charge in [0.1, 0.15) is 6.61 Å². The van der Waals surface area contributed by atoms with Crippen LogP contribution >= 0.6 is 0 Å². The van der Waals surface area contributed by atoms with Crippen molar-refractivity contribution in [2.45, 2.75) is 0 Å². The highest BCUT2D eigenvalue weighted by molar-refractivity contribution is 5.96. The van der Waals surface area contributed by atoms with Gasteiger partial charge in [0.25, 0.3) is 0 Å². The Morgan fingerprint density at radius 1 is 1.18 bits per heavy atom. The lowest BCUT2D eigenvalue weighted by Crippen LogP contribution is -2.44. The van der Waals surface area contributed by atoms with Crippen molar-refractivity contribution in [3.05, 3.63) is 28.3 Å². The molecule has 2 fully saturated rings. The maximum atomic E-state index is 12.6. The zero-order valence-corrected chi connectivity index (χ0v) is 15.2. The molecule has 0 aliphatic carbocycles. The summed E-state index contributed by atoms with van der Waals surface area (Å²) in [7, 11) is 2.02. The fourth-order valence-corrected chi connectivity index (χ4v) is 3.40. The van der Waals surface area contributed by atoms with E-state index in [0.29, 0.717) is 18.8 Å². The maximum Gasteiger partial charge on any atom is 0.414 e. The fraction of sp³-hybridized carbons (Fsp3) is 0.412. The Morgan fingerprint density at radius 2 is 1.89 bits per heavy atom. The van der Waals surface area contributed by atoms with E-state index >= 15 is 0 Å². The number of likely N-dealkylation sites (N-methyl/N-ethyl adjacent to an activating group) is 1. The highest BCUT2D eigenvalue weighted by atomic mass is 16.6. The number of piperazine rings is 1. The molecule has 2 aromatic rings. The third-order valence-corrected chi connectivity index (χ3v) is 4.99. The van der Waals surface area contributed by atoms with Crippen molar-refractivity contribution in [2.75, 3.05) is 56.2 Å². The lowest BCUT2D eigenvalue weighted by atomic mass is 10.2. The van der Waals surface area contributed by atoms with Gasteiger partial charge in [-0.15, -0.1) is 0 Å². The number of carbonyl (C=O) groups is 2. The SMILES string of the molecule is CN1CCN(c2cc(N3CCOC3=O)c3nc(C(=O)O)c(O)c(=O)n3c2)CC1. The number of hydrogen-bond acceptors (Lipinski definition) is 8. The van der Waals surface area contributed by atoms with Crippen LogP contribution in [-0.2, 0) is 4.74 Å². The van der Waals surface area contributed by atoms with Crippen LogP contribution < -0.4 is 15.4 Å². The smallest absolute Gasteiger partial charge is 0.414 e. The Morgan fingerprint density at radius 3 is 2.50 bits per heavy atom. The number of amides is 1. The third-order valence-electron chi connectivity index (χ3n) is 4.99. The summed E-state index contributed by atoms with van der Waals surface area (Å²) in [4.78, 5) is 45.6. The van der Waals surface area contributed by atoms with Crippen molar-refractivity contribution >= 4 is 29.1 Å². The van der Waals surface area contributed by atoms with Gasteiger partial charge >= 0.3 is 17.6 Å². The van der Waals surface area contributed by atoms with E-state index in [9.17, 15) is 24.6 Å². The molecule has 0 bridgehead atoms. The first-order valence-electron chi connectivity index (χ1n) is 8.77. The van der Waals surface area contributed by atoms with Gasteiger partial charge in [0.15, 0.2) is 11.3 Å².